The molecule has 2 amide bonds. The Morgan fingerprint density at radius 1 is 1.38 bits per heavy atom. The molecule has 126 valence electrons. The van der Waals surface area contributed by atoms with Gasteiger partial charge in [-0.05, 0) is 24.6 Å². The smallest absolute Gasteiger partial charge is 0.254 e. The van der Waals surface area contributed by atoms with Gasteiger partial charge in [0.1, 0.15) is 0 Å². The Bertz CT molecular complexity index is 800. The second kappa shape index (κ2) is 5.63. The summed E-state index contributed by atoms with van der Waals surface area (Å²) >= 11 is 0. The molecule has 1 aromatic carbocycles. The van der Waals surface area contributed by atoms with Crippen LogP contribution in [0.1, 0.15) is 16.8 Å². The van der Waals surface area contributed by atoms with Crippen LogP contribution in [-0.2, 0) is 9.53 Å². The third-order valence-corrected chi connectivity index (χ3v) is 5.50. The number of carbonyl (C=O) groups excluding carboxylic acids is 2. The number of ether oxygens (including phenoxy) is 1. The van der Waals surface area contributed by atoms with Crippen molar-refractivity contribution in [2.45, 2.75) is 6.42 Å². The fraction of sp³-hybridized carbons (Fsp3) is 0.444. The fourth-order valence-electron chi connectivity index (χ4n) is 4.17. The number of aromatic amines is 1. The van der Waals surface area contributed by atoms with Crippen molar-refractivity contribution in [1.29, 1.82) is 0 Å². The molecule has 0 bridgehead atoms. The number of carbonyl (C=O) groups is 2. The molecule has 2 fully saturated rings. The summed E-state index contributed by atoms with van der Waals surface area (Å²) in [6, 6.07) is 7.61. The maximum atomic E-state index is 13.1. The van der Waals surface area contributed by atoms with Gasteiger partial charge in [-0.1, -0.05) is 6.07 Å². The Morgan fingerprint density at radius 3 is 3.08 bits per heavy atom. The molecule has 24 heavy (non-hydrogen) atoms. The number of fused-ring (bicyclic) bond motifs is 2. The summed E-state index contributed by atoms with van der Waals surface area (Å²) in [4.78, 5) is 30.6. The molecule has 0 aliphatic carbocycles. The molecule has 2 N–H and O–H groups in total. The number of H-pyrrole nitrogens is 1. The molecule has 2 atom stereocenters. The van der Waals surface area contributed by atoms with Crippen molar-refractivity contribution in [2.24, 2.45) is 11.3 Å². The third kappa shape index (κ3) is 2.13. The molecular weight excluding hydrogens is 306 g/mol. The Balaban J connectivity index is 1.67. The van der Waals surface area contributed by atoms with Crippen LogP contribution in [0, 0.1) is 11.3 Å². The van der Waals surface area contributed by atoms with Gasteiger partial charge in [-0.2, -0.15) is 0 Å². The van der Waals surface area contributed by atoms with Crippen LogP contribution in [0.15, 0.2) is 30.5 Å². The van der Waals surface area contributed by atoms with E-state index < -0.39 is 5.41 Å². The predicted molar refractivity (Wildman–Crippen MR) is 89.6 cm³/mol. The molecule has 0 unspecified atom stereocenters. The average Bonchev–Trinajstić information content (AvgIpc) is 3.24. The zero-order chi connectivity index (χ0) is 16.7. The van der Waals surface area contributed by atoms with Gasteiger partial charge in [-0.25, -0.2) is 0 Å². The van der Waals surface area contributed by atoms with E-state index in [0.717, 1.165) is 10.9 Å². The number of benzene rings is 1. The van der Waals surface area contributed by atoms with Crippen LogP contribution in [0.5, 0.6) is 0 Å². The van der Waals surface area contributed by atoms with Gasteiger partial charge in [0.05, 0.1) is 12.0 Å². The highest BCUT2D eigenvalue weighted by Crippen LogP contribution is 2.43. The first-order chi connectivity index (χ1) is 11.7. The van der Waals surface area contributed by atoms with Crippen molar-refractivity contribution in [2.75, 3.05) is 33.4 Å². The van der Waals surface area contributed by atoms with E-state index in [4.69, 9.17) is 4.74 Å². The van der Waals surface area contributed by atoms with Gasteiger partial charge in [0.25, 0.3) is 5.91 Å². The molecule has 1 aromatic heterocycles. The Morgan fingerprint density at radius 2 is 2.25 bits per heavy atom. The minimum absolute atomic E-state index is 0.0159. The van der Waals surface area contributed by atoms with Crippen LogP contribution in [-0.4, -0.2) is 55.0 Å². The molecule has 4 rings (SSSR count). The summed E-state index contributed by atoms with van der Waals surface area (Å²) in [5, 5.41) is 3.70. The maximum Gasteiger partial charge on any atom is 0.254 e. The van der Waals surface area contributed by atoms with E-state index in [-0.39, 0.29) is 17.7 Å². The Kier molecular flexibility index (Phi) is 3.57. The van der Waals surface area contributed by atoms with Crippen molar-refractivity contribution in [3.05, 3.63) is 36.0 Å². The predicted octanol–water partition coefficient (Wildman–Crippen LogP) is 1.39. The largest absolute Gasteiger partial charge is 0.381 e. The lowest BCUT2D eigenvalue weighted by molar-refractivity contribution is -0.138. The quantitative estimate of drug-likeness (QED) is 0.875. The monoisotopic (exact) mass is 327 g/mol. The first kappa shape index (κ1) is 15.2. The lowest BCUT2D eigenvalue weighted by Gasteiger charge is -2.36. The highest BCUT2D eigenvalue weighted by molar-refractivity contribution is 6.06. The van der Waals surface area contributed by atoms with Crippen molar-refractivity contribution >= 4 is 22.7 Å². The van der Waals surface area contributed by atoms with Crippen molar-refractivity contribution in [3.8, 4) is 0 Å². The molecule has 0 spiro atoms. The van der Waals surface area contributed by atoms with E-state index >= 15 is 0 Å². The van der Waals surface area contributed by atoms with Crippen molar-refractivity contribution in [1.82, 2.24) is 15.2 Å². The Labute approximate surface area is 140 Å². The molecule has 2 aliphatic heterocycles. The van der Waals surface area contributed by atoms with E-state index in [9.17, 15) is 9.59 Å². The highest BCUT2D eigenvalue weighted by Gasteiger charge is 2.54. The van der Waals surface area contributed by atoms with E-state index in [2.05, 4.69) is 10.3 Å². The third-order valence-electron chi connectivity index (χ3n) is 5.50. The summed E-state index contributed by atoms with van der Waals surface area (Å²) in [6.07, 6.45) is 2.50. The van der Waals surface area contributed by atoms with E-state index in [1.54, 1.807) is 7.05 Å². The number of nitrogens with zero attached hydrogens (tertiary/aromatic N) is 1. The van der Waals surface area contributed by atoms with Gasteiger partial charge in [-0.15, -0.1) is 0 Å². The van der Waals surface area contributed by atoms with Crippen molar-refractivity contribution < 1.29 is 14.3 Å². The number of aromatic nitrogens is 1. The lowest BCUT2D eigenvalue weighted by Crippen LogP contribution is -2.49. The molecule has 2 aliphatic rings. The molecule has 3 heterocycles. The normalized spacial score (nSPS) is 26.4. The van der Waals surface area contributed by atoms with Crippen LogP contribution in [0.25, 0.3) is 10.9 Å². The maximum absolute atomic E-state index is 13.1. The van der Waals surface area contributed by atoms with Gasteiger partial charge in [0.2, 0.25) is 5.91 Å². The van der Waals surface area contributed by atoms with Crippen LogP contribution in [0.4, 0.5) is 0 Å². The fourth-order valence-corrected chi connectivity index (χ4v) is 4.17. The lowest BCUT2D eigenvalue weighted by atomic mass is 9.73. The van der Waals surface area contributed by atoms with Gasteiger partial charge >= 0.3 is 0 Å². The molecule has 2 saturated heterocycles. The summed E-state index contributed by atoms with van der Waals surface area (Å²) < 4.78 is 5.57. The highest BCUT2D eigenvalue weighted by atomic mass is 16.5. The van der Waals surface area contributed by atoms with Crippen molar-refractivity contribution in [3.63, 3.8) is 0 Å². The van der Waals surface area contributed by atoms with Crippen LogP contribution >= 0.6 is 0 Å². The van der Waals surface area contributed by atoms with Gasteiger partial charge < -0.3 is 19.9 Å². The first-order valence-corrected chi connectivity index (χ1v) is 8.31. The number of likely N-dealkylation sites (tertiary alicyclic amines) is 1. The number of rotatable bonds is 2. The number of amides is 2. The minimum Gasteiger partial charge on any atom is -0.381 e. The molecule has 0 radical (unpaired) electrons. The van der Waals surface area contributed by atoms with Gasteiger partial charge in [0.15, 0.2) is 0 Å². The number of hydrogen-bond donors (Lipinski definition) is 2. The zero-order valence-electron chi connectivity index (χ0n) is 13.7. The summed E-state index contributed by atoms with van der Waals surface area (Å²) in [6.45, 7) is 2.12. The van der Waals surface area contributed by atoms with Gasteiger partial charge in [0, 0.05) is 55.3 Å². The minimum atomic E-state index is -0.519. The number of hydrogen-bond acceptors (Lipinski definition) is 3. The summed E-state index contributed by atoms with van der Waals surface area (Å²) in [5.41, 5.74) is 1.11. The van der Waals surface area contributed by atoms with Gasteiger partial charge in [-0.3, -0.25) is 9.59 Å². The van der Waals surface area contributed by atoms with Crippen LogP contribution in [0.3, 0.4) is 0 Å². The molecule has 0 saturated carbocycles. The van der Waals surface area contributed by atoms with Crippen LogP contribution < -0.4 is 5.32 Å². The van der Waals surface area contributed by atoms with E-state index in [1.807, 2.05) is 35.4 Å². The molecule has 2 aromatic rings. The molecule has 6 heteroatoms. The summed E-state index contributed by atoms with van der Waals surface area (Å²) in [5.74, 6) is 0.0596. The molecular formula is C18H21N3O3. The second-order valence-electron chi connectivity index (χ2n) is 6.69. The topological polar surface area (TPSA) is 74.4 Å². The SMILES string of the molecule is CNC(=O)[C@]12CCOC[C@H]1CN(C(=O)c1cccc3[nH]ccc13)C2. The van der Waals surface area contributed by atoms with E-state index in [0.29, 0.717) is 38.3 Å². The first-order valence-electron chi connectivity index (χ1n) is 8.31. The van der Waals surface area contributed by atoms with E-state index in [1.165, 1.54) is 0 Å². The Hall–Kier alpha value is -2.34. The zero-order valence-corrected chi connectivity index (χ0v) is 13.7. The number of nitrogens with one attached hydrogen (secondary N) is 2. The standard InChI is InChI=1S/C18H21N3O3/c1-19-17(23)18-6-8-24-10-12(18)9-21(11-18)16(22)14-3-2-4-15-13(14)5-7-20-15/h2-5,7,12,20H,6,8-11H2,1H3,(H,19,23)/t12-,18+/m1/s1. The average molecular weight is 327 g/mol. The molecule has 6 nitrogen and oxygen atoms in total. The second-order valence-corrected chi connectivity index (χ2v) is 6.69. The van der Waals surface area contributed by atoms with Crippen LogP contribution in [0.2, 0.25) is 0 Å². The summed E-state index contributed by atoms with van der Waals surface area (Å²) in [7, 11) is 1.66.